The minimum atomic E-state index is -0.404. The largest absolute Gasteiger partial charge is 0.403 e. The van der Waals surface area contributed by atoms with Crippen molar-refractivity contribution in [1.82, 2.24) is 4.98 Å². The maximum absolute atomic E-state index is 11.8. The van der Waals surface area contributed by atoms with Gasteiger partial charge < -0.3 is 10.2 Å². The van der Waals surface area contributed by atoms with E-state index in [1.165, 1.54) is 0 Å². The summed E-state index contributed by atoms with van der Waals surface area (Å²) < 4.78 is 5.21. The molecule has 0 fully saturated rings. The highest BCUT2D eigenvalue weighted by atomic mass is 16.4. The molecule has 2 aromatic carbocycles. The lowest BCUT2D eigenvalue weighted by atomic mass is 10.1. The zero-order valence-corrected chi connectivity index (χ0v) is 9.46. The third-order valence-corrected chi connectivity index (χ3v) is 2.73. The van der Waals surface area contributed by atoms with Crippen LogP contribution in [0.2, 0.25) is 0 Å². The SMILES string of the molecule is Nc1ccccc1-c1nc2ccccc2c(=O)o1. The highest BCUT2D eigenvalue weighted by Crippen LogP contribution is 2.23. The molecule has 0 aliphatic rings. The van der Waals surface area contributed by atoms with Crippen LogP contribution in [0.15, 0.2) is 57.7 Å². The summed E-state index contributed by atoms with van der Waals surface area (Å²) in [5, 5.41) is 0.468. The van der Waals surface area contributed by atoms with Gasteiger partial charge >= 0.3 is 5.63 Å². The lowest BCUT2D eigenvalue weighted by Crippen LogP contribution is -2.03. The molecule has 0 atom stereocenters. The van der Waals surface area contributed by atoms with Gasteiger partial charge in [0.25, 0.3) is 0 Å². The normalized spacial score (nSPS) is 10.7. The Bertz CT molecular complexity index is 778. The maximum atomic E-state index is 11.8. The fourth-order valence-corrected chi connectivity index (χ4v) is 1.83. The molecule has 4 heteroatoms. The van der Waals surface area contributed by atoms with E-state index < -0.39 is 5.63 Å². The Labute approximate surface area is 103 Å². The summed E-state index contributed by atoms with van der Waals surface area (Å²) in [6.45, 7) is 0. The third-order valence-electron chi connectivity index (χ3n) is 2.73. The van der Waals surface area contributed by atoms with Crippen molar-refractivity contribution in [2.24, 2.45) is 0 Å². The second-order valence-electron chi connectivity index (χ2n) is 3.91. The van der Waals surface area contributed by atoms with E-state index in [9.17, 15) is 4.79 Å². The third kappa shape index (κ3) is 1.64. The Hall–Kier alpha value is -2.62. The molecule has 0 aliphatic heterocycles. The Morgan fingerprint density at radius 1 is 1.00 bits per heavy atom. The molecule has 0 bridgehead atoms. The second kappa shape index (κ2) is 4.00. The zero-order valence-electron chi connectivity index (χ0n) is 9.46. The van der Waals surface area contributed by atoms with Crippen LogP contribution in [-0.4, -0.2) is 4.98 Å². The molecule has 0 saturated heterocycles. The van der Waals surface area contributed by atoms with E-state index in [0.29, 0.717) is 22.2 Å². The fraction of sp³-hybridized carbons (Fsp3) is 0. The molecule has 0 saturated carbocycles. The number of rotatable bonds is 1. The first kappa shape index (κ1) is 10.5. The van der Waals surface area contributed by atoms with Crippen molar-refractivity contribution in [1.29, 1.82) is 0 Å². The zero-order chi connectivity index (χ0) is 12.5. The van der Waals surface area contributed by atoms with Gasteiger partial charge in [-0.15, -0.1) is 0 Å². The van der Waals surface area contributed by atoms with Crippen LogP contribution in [0.5, 0.6) is 0 Å². The fourth-order valence-electron chi connectivity index (χ4n) is 1.83. The van der Waals surface area contributed by atoms with Crippen LogP contribution in [0.1, 0.15) is 0 Å². The first-order chi connectivity index (χ1) is 8.75. The molecule has 1 heterocycles. The number of para-hydroxylation sites is 2. The van der Waals surface area contributed by atoms with Crippen molar-refractivity contribution in [2.45, 2.75) is 0 Å². The Kier molecular flexibility index (Phi) is 2.34. The monoisotopic (exact) mass is 238 g/mol. The molecule has 18 heavy (non-hydrogen) atoms. The number of fused-ring (bicyclic) bond motifs is 1. The molecule has 0 amide bonds. The molecule has 1 aromatic heterocycles. The van der Waals surface area contributed by atoms with Crippen molar-refractivity contribution < 1.29 is 4.42 Å². The number of hydrogen-bond acceptors (Lipinski definition) is 4. The van der Waals surface area contributed by atoms with Crippen LogP contribution in [0.4, 0.5) is 5.69 Å². The van der Waals surface area contributed by atoms with Crippen LogP contribution in [0, 0.1) is 0 Å². The number of aromatic nitrogens is 1. The number of nitrogens with two attached hydrogens (primary N) is 1. The van der Waals surface area contributed by atoms with Gasteiger partial charge in [0.1, 0.15) is 0 Å². The van der Waals surface area contributed by atoms with Gasteiger partial charge in [-0.25, -0.2) is 9.78 Å². The molecular formula is C14H10N2O2. The lowest BCUT2D eigenvalue weighted by Gasteiger charge is -2.03. The topological polar surface area (TPSA) is 69.1 Å². The van der Waals surface area contributed by atoms with Gasteiger partial charge in [0.05, 0.1) is 16.5 Å². The summed E-state index contributed by atoms with van der Waals surface area (Å²) in [6, 6.07) is 14.2. The van der Waals surface area contributed by atoms with E-state index in [1.807, 2.05) is 18.2 Å². The molecule has 4 nitrogen and oxygen atoms in total. The van der Waals surface area contributed by atoms with Crippen LogP contribution >= 0.6 is 0 Å². The van der Waals surface area contributed by atoms with Crippen molar-refractivity contribution in [2.75, 3.05) is 5.73 Å². The highest BCUT2D eigenvalue weighted by molar-refractivity contribution is 5.80. The lowest BCUT2D eigenvalue weighted by molar-refractivity contribution is 0.518. The average molecular weight is 238 g/mol. The molecule has 0 radical (unpaired) electrons. The molecular weight excluding hydrogens is 228 g/mol. The predicted molar refractivity (Wildman–Crippen MR) is 70.1 cm³/mol. The Morgan fingerprint density at radius 3 is 2.56 bits per heavy atom. The number of nitrogens with zero attached hydrogens (tertiary/aromatic N) is 1. The van der Waals surface area contributed by atoms with Gasteiger partial charge in [-0.1, -0.05) is 24.3 Å². The smallest absolute Gasteiger partial charge is 0.347 e. The first-order valence-corrected chi connectivity index (χ1v) is 5.50. The summed E-state index contributed by atoms with van der Waals surface area (Å²) >= 11 is 0. The van der Waals surface area contributed by atoms with Gasteiger partial charge in [0.2, 0.25) is 5.89 Å². The quantitative estimate of drug-likeness (QED) is 0.661. The summed E-state index contributed by atoms with van der Waals surface area (Å²) in [5.74, 6) is 0.247. The van der Waals surface area contributed by atoms with Gasteiger partial charge in [-0.05, 0) is 24.3 Å². The van der Waals surface area contributed by atoms with E-state index in [1.54, 1.807) is 30.3 Å². The van der Waals surface area contributed by atoms with Crippen LogP contribution in [-0.2, 0) is 0 Å². The number of nitrogen functional groups attached to an aromatic ring is 1. The van der Waals surface area contributed by atoms with E-state index >= 15 is 0 Å². The minimum absolute atomic E-state index is 0.247. The standard InChI is InChI=1S/C14H10N2O2/c15-11-7-3-1-5-9(11)13-16-12-8-4-2-6-10(12)14(17)18-13/h1-8H,15H2. The molecule has 3 aromatic rings. The van der Waals surface area contributed by atoms with Crippen LogP contribution in [0.3, 0.4) is 0 Å². The maximum Gasteiger partial charge on any atom is 0.347 e. The predicted octanol–water partition coefficient (Wildman–Crippen LogP) is 2.44. The molecule has 3 rings (SSSR count). The summed E-state index contributed by atoms with van der Waals surface area (Å²) in [4.78, 5) is 16.2. The van der Waals surface area contributed by atoms with E-state index in [-0.39, 0.29) is 5.89 Å². The molecule has 0 aliphatic carbocycles. The average Bonchev–Trinajstić information content (AvgIpc) is 2.39. The molecule has 88 valence electrons. The summed E-state index contributed by atoms with van der Waals surface area (Å²) in [7, 11) is 0. The summed E-state index contributed by atoms with van der Waals surface area (Å²) in [5.41, 5.74) is 7.20. The van der Waals surface area contributed by atoms with Crippen molar-refractivity contribution >= 4 is 16.6 Å². The Balaban J connectivity index is 2.32. The first-order valence-electron chi connectivity index (χ1n) is 5.50. The van der Waals surface area contributed by atoms with E-state index in [2.05, 4.69) is 4.98 Å². The van der Waals surface area contributed by atoms with Crippen LogP contribution < -0.4 is 11.4 Å². The molecule has 0 unspecified atom stereocenters. The van der Waals surface area contributed by atoms with Gasteiger partial charge in [-0.2, -0.15) is 0 Å². The summed E-state index contributed by atoms with van der Waals surface area (Å²) in [6.07, 6.45) is 0. The number of hydrogen-bond donors (Lipinski definition) is 1. The van der Waals surface area contributed by atoms with E-state index in [0.717, 1.165) is 0 Å². The minimum Gasteiger partial charge on any atom is -0.403 e. The van der Waals surface area contributed by atoms with Crippen LogP contribution in [0.25, 0.3) is 22.4 Å². The number of benzene rings is 2. The van der Waals surface area contributed by atoms with E-state index in [4.69, 9.17) is 10.2 Å². The van der Waals surface area contributed by atoms with Crippen molar-refractivity contribution in [3.63, 3.8) is 0 Å². The van der Waals surface area contributed by atoms with Gasteiger partial charge in [0, 0.05) is 5.69 Å². The second-order valence-corrected chi connectivity index (χ2v) is 3.91. The highest BCUT2D eigenvalue weighted by Gasteiger charge is 2.09. The number of anilines is 1. The van der Waals surface area contributed by atoms with Gasteiger partial charge in [-0.3, -0.25) is 0 Å². The molecule has 0 spiro atoms. The van der Waals surface area contributed by atoms with Crippen molar-refractivity contribution in [3.05, 3.63) is 59.0 Å². The molecule has 2 N–H and O–H groups in total. The van der Waals surface area contributed by atoms with Crippen molar-refractivity contribution in [3.8, 4) is 11.5 Å². The Morgan fingerprint density at radius 2 is 1.72 bits per heavy atom. The van der Waals surface area contributed by atoms with Gasteiger partial charge in [0.15, 0.2) is 0 Å².